The Morgan fingerprint density at radius 3 is 2.72 bits per heavy atom. The van der Waals surface area contributed by atoms with Crippen molar-refractivity contribution in [3.05, 3.63) is 23.8 Å². The predicted octanol–water partition coefficient (Wildman–Crippen LogP) is 1.72. The van der Waals surface area contributed by atoms with Crippen LogP contribution in [-0.4, -0.2) is 32.5 Å². The standard InChI is InChI=1S/C12H17F2N3O/c1-3-16-12(18)9-5-4-8(15)6-10(9)17(2)7-11(13)14/h4-6,11H,3,7,15H2,1-2H3,(H,16,18). The summed E-state index contributed by atoms with van der Waals surface area (Å²) in [5.74, 6) is -0.298. The Hall–Kier alpha value is -1.85. The minimum absolute atomic E-state index is 0.298. The molecule has 100 valence electrons. The van der Waals surface area contributed by atoms with Crippen LogP contribution in [0.4, 0.5) is 20.2 Å². The Balaban J connectivity index is 3.06. The zero-order valence-electron chi connectivity index (χ0n) is 10.4. The normalized spacial score (nSPS) is 10.5. The summed E-state index contributed by atoms with van der Waals surface area (Å²) < 4.78 is 24.8. The van der Waals surface area contributed by atoms with E-state index in [0.717, 1.165) is 0 Å². The van der Waals surface area contributed by atoms with Crippen LogP contribution in [0, 0.1) is 0 Å². The third-order valence-electron chi connectivity index (χ3n) is 2.43. The first-order chi connectivity index (χ1) is 8.45. The number of nitrogens with zero attached hydrogens (tertiary/aromatic N) is 1. The molecule has 0 spiro atoms. The van der Waals surface area contributed by atoms with Crippen LogP contribution in [0.3, 0.4) is 0 Å². The number of alkyl halides is 2. The largest absolute Gasteiger partial charge is 0.399 e. The Labute approximate surface area is 105 Å². The summed E-state index contributed by atoms with van der Waals surface area (Å²) in [5, 5.41) is 2.64. The topological polar surface area (TPSA) is 58.4 Å². The Bertz CT molecular complexity index is 424. The van der Waals surface area contributed by atoms with Crippen LogP contribution in [-0.2, 0) is 0 Å². The molecule has 0 aromatic heterocycles. The molecule has 0 atom stereocenters. The van der Waals surface area contributed by atoms with Gasteiger partial charge in [-0.05, 0) is 25.1 Å². The maximum Gasteiger partial charge on any atom is 0.255 e. The summed E-state index contributed by atoms with van der Waals surface area (Å²) in [5.41, 5.74) is 6.80. The van der Waals surface area contributed by atoms with Crippen LogP contribution in [0.15, 0.2) is 18.2 Å². The van der Waals surface area contributed by atoms with Gasteiger partial charge in [0.2, 0.25) is 0 Å². The fraction of sp³-hybridized carbons (Fsp3) is 0.417. The van der Waals surface area contributed by atoms with Gasteiger partial charge in [-0.15, -0.1) is 0 Å². The van der Waals surface area contributed by atoms with E-state index in [1.165, 1.54) is 24.1 Å². The van der Waals surface area contributed by atoms with Crippen molar-refractivity contribution in [2.45, 2.75) is 13.3 Å². The summed E-state index contributed by atoms with van der Waals surface area (Å²) >= 11 is 0. The molecule has 0 saturated heterocycles. The number of hydrogen-bond acceptors (Lipinski definition) is 3. The fourth-order valence-corrected chi connectivity index (χ4v) is 1.62. The Morgan fingerprint density at radius 2 is 2.17 bits per heavy atom. The highest BCUT2D eigenvalue weighted by Gasteiger charge is 2.16. The number of nitrogen functional groups attached to an aromatic ring is 1. The van der Waals surface area contributed by atoms with Crippen molar-refractivity contribution in [2.75, 3.05) is 30.8 Å². The van der Waals surface area contributed by atoms with Gasteiger partial charge < -0.3 is 16.0 Å². The maximum absolute atomic E-state index is 12.4. The van der Waals surface area contributed by atoms with Gasteiger partial charge in [-0.3, -0.25) is 4.79 Å². The van der Waals surface area contributed by atoms with E-state index in [4.69, 9.17) is 5.73 Å². The summed E-state index contributed by atoms with van der Waals surface area (Å²) in [6.07, 6.45) is -2.47. The quantitative estimate of drug-likeness (QED) is 0.790. The molecule has 0 aliphatic carbocycles. The molecule has 1 rings (SSSR count). The Morgan fingerprint density at radius 1 is 1.50 bits per heavy atom. The van der Waals surface area contributed by atoms with Crippen LogP contribution < -0.4 is 16.0 Å². The van der Waals surface area contributed by atoms with Gasteiger partial charge in [-0.2, -0.15) is 0 Å². The molecule has 0 unspecified atom stereocenters. The van der Waals surface area contributed by atoms with Crippen LogP contribution in [0.25, 0.3) is 0 Å². The van der Waals surface area contributed by atoms with E-state index in [2.05, 4.69) is 5.32 Å². The van der Waals surface area contributed by atoms with E-state index in [9.17, 15) is 13.6 Å². The van der Waals surface area contributed by atoms with Crippen molar-refractivity contribution >= 4 is 17.3 Å². The molecule has 0 radical (unpaired) electrons. The summed E-state index contributed by atoms with van der Waals surface area (Å²) in [4.78, 5) is 13.1. The molecule has 0 fully saturated rings. The van der Waals surface area contributed by atoms with Crippen molar-refractivity contribution in [1.29, 1.82) is 0 Å². The fourth-order valence-electron chi connectivity index (χ4n) is 1.62. The molecule has 0 aliphatic rings. The lowest BCUT2D eigenvalue weighted by Gasteiger charge is -2.22. The van der Waals surface area contributed by atoms with Crippen molar-refractivity contribution in [1.82, 2.24) is 5.32 Å². The second-order valence-electron chi connectivity index (χ2n) is 3.91. The monoisotopic (exact) mass is 257 g/mol. The van der Waals surface area contributed by atoms with E-state index in [1.807, 2.05) is 0 Å². The minimum atomic E-state index is -2.47. The number of halogens is 2. The van der Waals surface area contributed by atoms with Gasteiger partial charge in [0.05, 0.1) is 17.8 Å². The lowest BCUT2D eigenvalue weighted by atomic mass is 10.1. The molecular weight excluding hydrogens is 240 g/mol. The second kappa shape index (κ2) is 6.18. The molecule has 3 N–H and O–H groups in total. The molecule has 4 nitrogen and oxygen atoms in total. The van der Waals surface area contributed by atoms with Crippen LogP contribution >= 0.6 is 0 Å². The van der Waals surface area contributed by atoms with Gasteiger partial charge in [-0.25, -0.2) is 8.78 Å². The van der Waals surface area contributed by atoms with Crippen molar-refractivity contribution in [2.24, 2.45) is 0 Å². The van der Waals surface area contributed by atoms with E-state index < -0.39 is 13.0 Å². The van der Waals surface area contributed by atoms with E-state index in [0.29, 0.717) is 23.5 Å². The minimum Gasteiger partial charge on any atom is -0.399 e. The molecule has 0 bridgehead atoms. The SMILES string of the molecule is CCNC(=O)c1ccc(N)cc1N(C)CC(F)F. The molecule has 0 heterocycles. The molecule has 0 aliphatic heterocycles. The highest BCUT2D eigenvalue weighted by atomic mass is 19.3. The third kappa shape index (κ3) is 3.58. The number of anilines is 2. The molecule has 6 heteroatoms. The first-order valence-corrected chi connectivity index (χ1v) is 5.62. The number of nitrogens with two attached hydrogens (primary N) is 1. The second-order valence-corrected chi connectivity index (χ2v) is 3.91. The van der Waals surface area contributed by atoms with E-state index in [1.54, 1.807) is 13.0 Å². The lowest BCUT2D eigenvalue weighted by molar-refractivity contribution is 0.0955. The maximum atomic E-state index is 12.4. The third-order valence-corrected chi connectivity index (χ3v) is 2.43. The molecule has 18 heavy (non-hydrogen) atoms. The van der Waals surface area contributed by atoms with Gasteiger partial charge in [0.15, 0.2) is 0 Å². The van der Waals surface area contributed by atoms with Crippen molar-refractivity contribution in [3.8, 4) is 0 Å². The molecule has 1 amide bonds. The predicted molar refractivity (Wildman–Crippen MR) is 68.1 cm³/mol. The van der Waals surface area contributed by atoms with E-state index in [-0.39, 0.29) is 5.91 Å². The average Bonchev–Trinajstić information content (AvgIpc) is 2.28. The van der Waals surface area contributed by atoms with Crippen LogP contribution in [0.2, 0.25) is 0 Å². The van der Waals surface area contributed by atoms with Crippen molar-refractivity contribution < 1.29 is 13.6 Å². The van der Waals surface area contributed by atoms with Gasteiger partial charge in [0.1, 0.15) is 0 Å². The van der Waals surface area contributed by atoms with Crippen LogP contribution in [0.5, 0.6) is 0 Å². The lowest BCUT2D eigenvalue weighted by Crippen LogP contribution is -2.29. The van der Waals surface area contributed by atoms with Gasteiger partial charge in [0, 0.05) is 19.3 Å². The number of benzene rings is 1. The number of rotatable bonds is 5. The first kappa shape index (κ1) is 14.2. The summed E-state index contributed by atoms with van der Waals surface area (Å²) in [6.45, 7) is 1.81. The van der Waals surface area contributed by atoms with Gasteiger partial charge in [0.25, 0.3) is 12.3 Å². The highest BCUT2D eigenvalue weighted by molar-refractivity contribution is 6.00. The highest BCUT2D eigenvalue weighted by Crippen LogP contribution is 2.23. The number of nitrogens with one attached hydrogen (secondary N) is 1. The van der Waals surface area contributed by atoms with Crippen LogP contribution in [0.1, 0.15) is 17.3 Å². The van der Waals surface area contributed by atoms with Gasteiger partial charge >= 0.3 is 0 Å². The number of amides is 1. The molecule has 1 aromatic rings. The first-order valence-electron chi connectivity index (χ1n) is 5.62. The molecule has 1 aromatic carbocycles. The zero-order valence-corrected chi connectivity index (χ0v) is 10.4. The van der Waals surface area contributed by atoms with Gasteiger partial charge in [-0.1, -0.05) is 0 Å². The summed E-state index contributed by atoms with van der Waals surface area (Å²) in [6, 6.07) is 4.63. The molecule has 0 saturated carbocycles. The smallest absolute Gasteiger partial charge is 0.255 e. The molecular formula is C12H17F2N3O. The number of carbonyl (C=O) groups is 1. The zero-order chi connectivity index (χ0) is 13.7. The Kier molecular flexibility index (Phi) is 4.88. The number of carbonyl (C=O) groups excluding carboxylic acids is 1. The van der Waals surface area contributed by atoms with Crippen molar-refractivity contribution in [3.63, 3.8) is 0 Å². The number of hydrogen-bond donors (Lipinski definition) is 2. The average molecular weight is 257 g/mol. The summed E-state index contributed by atoms with van der Waals surface area (Å²) in [7, 11) is 1.50. The van der Waals surface area contributed by atoms with E-state index >= 15 is 0 Å².